The van der Waals surface area contributed by atoms with E-state index in [9.17, 15) is 68.0 Å². The van der Waals surface area contributed by atoms with Crippen molar-refractivity contribution < 1.29 is 68.0 Å². The molecule has 0 saturated heterocycles. The number of fused-ring (bicyclic) bond motifs is 2. The molecule has 4 rings (SSSR count). The topological polar surface area (TPSA) is 273 Å². The van der Waals surface area contributed by atoms with Crippen LogP contribution in [0, 0.1) is 13.8 Å². The number of hydrogen-bond acceptors (Lipinski definition) is 12. The van der Waals surface area contributed by atoms with E-state index in [1.807, 2.05) is 0 Å². The van der Waals surface area contributed by atoms with E-state index in [4.69, 9.17) is 11.5 Å². The van der Waals surface area contributed by atoms with Gasteiger partial charge in [0.05, 0.1) is 0 Å². The molecule has 2 atom stereocenters. The Bertz CT molecular complexity index is 2240. The Labute approximate surface area is 342 Å². The molecular formula is C42H50F4N4O10. The zero-order valence-corrected chi connectivity index (χ0v) is 33.8. The molecule has 0 aromatic heterocycles. The summed E-state index contributed by atoms with van der Waals surface area (Å²) >= 11 is 0. The number of phenolic OH excluding ortho intramolecular Hbond substituents is 6. The van der Waals surface area contributed by atoms with Crippen LogP contribution < -0.4 is 11.5 Å². The number of rotatable bonds is 17. The fourth-order valence-electron chi connectivity index (χ4n) is 7.48. The zero-order valence-electron chi connectivity index (χ0n) is 33.8. The van der Waals surface area contributed by atoms with Gasteiger partial charge in [-0.1, -0.05) is 39.8 Å². The second-order valence-corrected chi connectivity index (χ2v) is 15.6. The summed E-state index contributed by atoms with van der Waals surface area (Å²) in [6.07, 6.45) is -6.27. The minimum Gasteiger partial charge on any atom is -0.507 e. The van der Waals surface area contributed by atoms with Gasteiger partial charge in [0.2, 0.25) is 0 Å². The summed E-state index contributed by atoms with van der Waals surface area (Å²) in [5, 5.41) is 88.5. The molecule has 0 fully saturated rings. The summed E-state index contributed by atoms with van der Waals surface area (Å²) in [4.78, 5) is 31.2. The van der Waals surface area contributed by atoms with Crippen LogP contribution in [0.1, 0.15) is 98.6 Å². The van der Waals surface area contributed by atoms with Gasteiger partial charge in [-0.25, -0.2) is 27.2 Å². The number of aryl methyl sites for hydroxylation is 2. The Hall–Kier alpha value is -5.88. The first-order chi connectivity index (χ1) is 27.9. The third kappa shape index (κ3) is 8.30. The highest BCUT2D eigenvalue weighted by Crippen LogP contribution is 2.54. The van der Waals surface area contributed by atoms with E-state index in [0.29, 0.717) is 11.1 Å². The fourth-order valence-corrected chi connectivity index (χ4v) is 7.48. The predicted octanol–water partition coefficient (Wildman–Crippen LogP) is 7.25. The standard InChI is InChI=1S/C42H50F4N4O10/c1-17(2)25-21-13-19(5)27(33(53)29(21)23(31(51)35(25)55)15-49-11-7-9-41(47,37(43)44)39(57)58)28-20(6)14-22-26(18(3)4)36(56)32(52)24(30(22)34(28)54)16-50-12-8-10-42(48,38(45)46)40(59)60/h13-18,37-38,51-56H,7-12,47-48H2,1-6H3,(H,57,58)(H,59,60)/b49-15-,50-16-. The Morgan fingerprint density at radius 2 is 0.933 bits per heavy atom. The molecule has 0 aliphatic carbocycles. The maximum absolute atomic E-state index is 13.4. The number of benzene rings is 4. The maximum Gasteiger partial charge on any atom is 0.329 e. The van der Waals surface area contributed by atoms with Crippen LogP contribution in [0.25, 0.3) is 32.7 Å². The molecule has 326 valence electrons. The molecule has 0 aliphatic rings. The average molecular weight is 847 g/mol. The second kappa shape index (κ2) is 17.8. The number of carbonyl (C=O) groups is 2. The largest absolute Gasteiger partial charge is 0.507 e. The minimum atomic E-state index is -3.37. The molecule has 0 spiro atoms. The van der Waals surface area contributed by atoms with Crippen molar-refractivity contribution in [2.24, 2.45) is 21.5 Å². The molecule has 14 nitrogen and oxygen atoms in total. The highest BCUT2D eigenvalue weighted by Gasteiger charge is 2.44. The van der Waals surface area contributed by atoms with Gasteiger partial charge in [0.15, 0.2) is 34.1 Å². The van der Waals surface area contributed by atoms with Crippen molar-refractivity contribution in [2.75, 3.05) is 13.1 Å². The van der Waals surface area contributed by atoms with E-state index in [2.05, 4.69) is 9.98 Å². The number of nitrogens with two attached hydrogens (primary N) is 2. The molecule has 0 heterocycles. The first-order valence-corrected chi connectivity index (χ1v) is 18.9. The van der Waals surface area contributed by atoms with Crippen molar-refractivity contribution in [1.82, 2.24) is 0 Å². The molecule has 0 saturated carbocycles. The minimum absolute atomic E-state index is 0.0251. The van der Waals surface area contributed by atoms with Gasteiger partial charge in [-0.3, -0.25) is 9.98 Å². The number of nitrogens with zero attached hydrogens (tertiary/aromatic N) is 2. The summed E-state index contributed by atoms with van der Waals surface area (Å²) in [5.41, 5.74) is 6.14. The first kappa shape index (κ1) is 46.8. The monoisotopic (exact) mass is 846 g/mol. The molecule has 0 bridgehead atoms. The van der Waals surface area contributed by atoms with Crippen LogP contribution in [0.15, 0.2) is 22.1 Å². The first-order valence-electron chi connectivity index (χ1n) is 18.9. The van der Waals surface area contributed by atoms with Gasteiger partial charge in [0, 0.05) is 69.7 Å². The number of phenols is 6. The number of hydrogen-bond donors (Lipinski definition) is 10. The molecule has 60 heavy (non-hydrogen) atoms. The zero-order chi connectivity index (χ0) is 45.3. The fraction of sp³-hybridized carbons (Fsp3) is 0.429. The Balaban J connectivity index is 1.99. The molecule has 4 aromatic carbocycles. The van der Waals surface area contributed by atoms with Crippen LogP contribution in [-0.2, 0) is 9.59 Å². The second-order valence-electron chi connectivity index (χ2n) is 15.6. The lowest BCUT2D eigenvalue weighted by atomic mass is 9.83. The van der Waals surface area contributed by atoms with Crippen LogP contribution in [-0.4, -0.2) is 102 Å². The highest BCUT2D eigenvalue weighted by molar-refractivity contribution is 6.15. The van der Waals surface area contributed by atoms with Crippen LogP contribution in [0.4, 0.5) is 17.6 Å². The van der Waals surface area contributed by atoms with Gasteiger partial charge in [-0.15, -0.1) is 0 Å². The van der Waals surface area contributed by atoms with Crippen LogP contribution >= 0.6 is 0 Å². The van der Waals surface area contributed by atoms with Gasteiger partial charge < -0.3 is 52.3 Å². The van der Waals surface area contributed by atoms with Crippen molar-refractivity contribution in [3.8, 4) is 45.6 Å². The van der Waals surface area contributed by atoms with E-state index in [0.717, 1.165) is 12.4 Å². The van der Waals surface area contributed by atoms with Crippen molar-refractivity contribution in [3.63, 3.8) is 0 Å². The number of aliphatic carboxylic acids is 2. The van der Waals surface area contributed by atoms with Gasteiger partial charge >= 0.3 is 11.9 Å². The summed E-state index contributed by atoms with van der Waals surface area (Å²) < 4.78 is 53.7. The highest BCUT2D eigenvalue weighted by atomic mass is 19.3. The molecule has 0 radical (unpaired) electrons. The lowest BCUT2D eigenvalue weighted by molar-refractivity contribution is -0.151. The Morgan fingerprint density at radius 1 is 0.617 bits per heavy atom. The normalized spacial score (nSPS) is 14.5. The van der Waals surface area contributed by atoms with Gasteiger partial charge in [0.1, 0.15) is 11.5 Å². The van der Waals surface area contributed by atoms with Crippen molar-refractivity contribution in [3.05, 3.63) is 45.5 Å². The third-order valence-electron chi connectivity index (χ3n) is 10.8. The van der Waals surface area contributed by atoms with Gasteiger partial charge in [-0.05, 0) is 73.3 Å². The number of halogens is 4. The maximum atomic E-state index is 13.4. The Kier molecular flexibility index (Phi) is 13.9. The average Bonchev–Trinajstić information content (AvgIpc) is 3.14. The number of alkyl halides is 4. The molecule has 4 aromatic rings. The molecular weight excluding hydrogens is 796 g/mol. The summed E-state index contributed by atoms with van der Waals surface area (Å²) in [6.45, 7) is 9.70. The number of aliphatic imine (C=N–C) groups is 2. The smallest absolute Gasteiger partial charge is 0.329 e. The van der Waals surface area contributed by atoms with E-state index in [1.165, 1.54) is 0 Å². The molecule has 0 amide bonds. The lowest BCUT2D eigenvalue weighted by Gasteiger charge is -2.24. The third-order valence-corrected chi connectivity index (χ3v) is 10.8. The van der Waals surface area contributed by atoms with Gasteiger partial charge in [0.25, 0.3) is 12.9 Å². The SMILES string of the molecule is Cc1cc2c(C(C)C)c(O)c(O)c(/C=N\CCCC(N)(C(=O)O)C(F)F)c2c(O)c1-c1c(C)cc2c(C(C)C)c(O)c(O)c(/C=N\CCCC(N)(C(=O)O)C(F)F)c2c1O. The van der Waals surface area contributed by atoms with Crippen molar-refractivity contribution >= 4 is 45.9 Å². The Morgan fingerprint density at radius 3 is 1.20 bits per heavy atom. The van der Waals surface area contributed by atoms with E-state index in [-0.39, 0.29) is 80.9 Å². The summed E-state index contributed by atoms with van der Waals surface area (Å²) in [5.74, 6) is -8.01. The number of aromatic hydroxyl groups is 6. The predicted molar refractivity (Wildman–Crippen MR) is 219 cm³/mol. The number of carboxylic acid groups (broad SMARTS) is 2. The van der Waals surface area contributed by atoms with Crippen molar-refractivity contribution in [2.45, 2.75) is 103 Å². The van der Waals surface area contributed by atoms with Gasteiger partial charge in [-0.2, -0.15) is 0 Å². The molecule has 18 heteroatoms. The summed E-state index contributed by atoms with van der Waals surface area (Å²) in [6, 6.07) is 3.23. The van der Waals surface area contributed by atoms with E-state index in [1.54, 1.807) is 53.7 Å². The van der Waals surface area contributed by atoms with E-state index >= 15 is 0 Å². The molecule has 12 N–H and O–H groups in total. The van der Waals surface area contributed by atoms with Crippen LogP contribution in [0.3, 0.4) is 0 Å². The quantitative estimate of drug-likeness (QED) is 0.0218. The van der Waals surface area contributed by atoms with Crippen LogP contribution in [0.5, 0.6) is 34.5 Å². The molecule has 0 aliphatic heterocycles. The number of carboxylic acids is 2. The lowest BCUT2D eigenvalue weighted by Crippen LogP contribution is -2.54. The molecule has 2 unspecified atom stereocenters. The van der Waals surface area contributed by atoms with E-state index < -0.39 is 95.0 Å². The summed E-state index contributed by atoms with van der Waals surface area (Å²) in [7, 11) is 0. The van der Waals surface area contributed by atoms with Crippen molar-refractivity contribution in [1.29, 1.82) is 0 Å². The van der Waals surface area contributed by atoms with Crippen LogP contribution in [0.2, 0.25) is 0 Å².